The average Bonchev–Trinajstić information content (AvgIpc) is 2.78. The minimum absolute atomic E-state index is 0.0139. The molecular formula is C23H25BrN4O4S. The van der Waals surface area contributed by atoms with Gasteiger partial charge in [-0.2, -0.15) is 0 Å². The number of nitrogens with one attached hydrogen (secondary N) is 2. The van der Waals surface area contributed by atoms with Gasteiger partial charge in [0.25, 0.3) is 10.0 Å². The van der Waals surface area contributed by atoms with Crippen molar-refractivity contribution in [1.82, 2.24) is 9.97 Å². The van der Waals surface area contributed by atoms with E-state index in [1.807, 2.05) is 18.2 Å². The van der Waals surface area contributed by atoms with Crippen molar-refractivity contribution >= 4 is 43.5 Å². The Kier molecular flexibility index (Phi) is 8.40. The molecule has 174 valence electrons. The summed E-state index contributed by atoms with van der Waals surface area (Å²) in [5.41, 5.74) is 1.72. The highest BCUT2D eigenvalue weighted by molar-refractivity contribution is 9.10. The molecule has 3 rings (SSSR count). The number of halogens is 1. The first kappa shape index (κ1) is 24.7. The number of benzene rings is 2. The Morgan fingerprint density at radius 2 is 1.79 bits per heavy atom. The lowest BCUT2D eigenvalue weighted by Gasteiger charge is -2.11. The minimum atomic E-state index is -3.82. The molecule has 33 heavy (non-hydrogen) atoms. The number of hydrogen-bond donors (Lipinski definition) is 2. The summed E-state index contributed by atoms with van der Waals surface area (Å²) in [7, 11) is -3.82. The Bertz CT molecular complexity index is 1190. The Morgan fingerprint density at radius 3 is 2.42 bits per heavy atom. The molecule has 0 saturated heterocycles. The predicted molar refractivity (Wildman–Crippen MR) is 131 cm³/mol. The number of carbonyl (C=O) groups excluding carboxylic acids is 1. The second kappa shape index (κ2) is 11.2. The topological polar surface area (TPSA) is 110 Å². The highest BCUT2D eigenvalue weighted by atomic mass is 79.9. The van der Waals surface area contributed by atoms with E-state index in [4.69, 9.17) is 4.74 Å². The Morgan fingerprint density at radius 1 is 1.09 bits per heavy atom. The van der Waals surface area contributed by atoms with Crippen LogP contribution in [0.15, 0.2) is 70.3 Å². The maximum atomic E-state index is 12.4. The molecule has 0 fully saturated rings. The number of aromatic nitrogens is 2. The van der Waals surface area contributed by atoms with Crippen LogP contribution in [0.2, 0.25) is 0 Å². The zero-order valence-electron chi connectivity index (χ0n) is 18.3. The van der Waals surface area contributed by atoms with Crippen molar-refractivity contribution in [3.8, 4) is 5.75 Å². The zero-order chi connectivity index (χ0) is 23.8. The normalized spacial score (nSPS) is 11.3. The summed E-state index contributed by atoms with van der Waals surface area (Å²) in [4.78, 5) is 19.9. The molecule has 0 bridgehead atoms. The van der Waals surface area contributed by atoms with E-state index in [1.54, 1.807) is 6.07 Å². The number of ether oxygens (including phenoxy) is 1. The van der Waals surface area contributed by atoms with Crippen molar-refractivity contribution in [3.05, 3.63) is 71.0 Å². The molecule has 2 N–H and O–H groups in total. The van der Waals surface area contributed by atoms with Crippen molar-refractivity contribution in [2.24, 2.45) is 0 Å². The number of anilines is 2. The van der Waals surface area contributed by atoms with E-state index in [0.717, 1.165) is 10.2 Å². The Balaban J connectivity index is 1.46. The SMILES string of the molecule is CC(C)c1ccc(OCCCC(=O)Nc2ccc(S(=O)(=O)Nc3ncccn3)cc2)c(Br)c1. The van der Waals surface area contributed by atoms with Crippen LogP contribution in [0.4, 0.5) is 11.6 Å². The highest BCUT2D eigenvalue weighted by Crippen LogP contribution is 2.29. The maximum absolute atomic E-state index is 12.4. The van der Waals surface area contributed by atoms with Gasteiger partial charge < -0.3 is 10.1 Å². The lowest BCUT2D eigenvalue weighted by molar-refractivity contribution is -0.116. The van der Waals surface area contributed by atoms with Crippen LogP contribution in [0, 0.1) is 0 Å². The number of hydrogen-bond acceptors (Lipinski definition) is 6. The first-order valence-corrected chi connectivity index (χ1v) is 12.6. The van der Waals surface area contributed by atoms with Crippen LogP contribution in [0.5, 0.6) is 5.75 Å². The fourth-order valence-corrected chi connectivity index (χ4v) is 4.35. The van der Waals surface area contributed by atoms with Crippen molar-refractivity contribution in [1.29, 1.82) is 0 Å². The molecule has 2 aromatic carbocycles. The van der Waals surface area contributed by atoms with Crippen molar-refractivity contribution in [3.63, 3.8) is 0 Å². The average molecular weight is 533 g/mol. The van der Waals surface area contributed by atoms with E-state index in [-0.39, 0.29) is 23.2 Å². The molecule has 3 aromatic rings. The van der Waals surface area contributed by atoms with Crippen molar-refractivity contribution < 1.29 is 17.9 Å². The summed E-state index contributed by atoms with van der Waals surface area (Å²) < 4.78 is 33.8. The van der Waals surface area contributed by atoms with E-state index in [1.165, 1.54) is 42.2 Å². The quantitative estimate of drug-likeness (QED) is 0.357. The lowest BCUT2D eigenvalue weighted by atomic mass is 10.0. The number of sulfonamides is 1. The molecule has 0 unspecified atom stereocenters. The first-order valence-electron chi connectivity index (χ1n) is 10.4. The third-order valence-electron chi connectivity index (χ3n) is 4.67. The summed E-state index contributed by atoms with van der Waals surface area (Å²) >= 11 is 3.52. The summed E-state index contributed by atoms with van der Waals surface area (Å²) in [5, 5.41) is 2.76. The largest absolute Gasteiger partial charge is 0.492 e. The molecule has 0 aliphatic heterocycles. The fraction of sp³-hybridized carbons (Fsp3) is 0.261. The molecule has 0 aliphatic rings. The molecule has 1 heterocycles. The van der Waals surface area contributed by atoms with Gasteiger partial charge in [0.05, 0.1) is 16.0 Å². The number of rotatable bonds is 10. The zero-order valence-corrected chi connectivity index (χ0v) is 20.7. The van der Waals surface area contributed by atoms with Crippen molar-refractivity contribution in [2.75, 3.05) is 16.6 Å². The smallest absolute Gasteiger partial charge is 0.264 e. The molecule has 1 amide bonds. The highest BCUT2D eigenvalue weighted by Gasteiger charge is 2.15. The van der Waals surface area contributed by atoms with E-state index >= 15 is 0 Å². The molecule has 0 atom stereocenters. The Labute approximate surface area is 202 Å². The van der Waals surface area contributed by atoms with Crippen LogP contribution < -0.4 is 14.8 Å². The van der Waals surface area contributed by atoms with Crippen LogP contribution in [-0.4, -0.2) is 30.9 Å². The molecule has 8 nitrogen and oxygen atoms in total. The lowest BCUT2D eigenvalue weighted by Crippen LogP contribution is -2.15. The third-order valence-corrected chi connectivity index (χ3v) is 6.63. The van der Waals surface area contributed by atoms with Gasteiger partial charge in [0, 0.05) is 24.5 Å². The van der Waals surface area contributed by atoms with Gasteiger partial charge in [0.15, 0.2) is 0 Å². The second-order valence-corrected chi connectivity index (χ2v) is 10.1. The Hall–Kier alpha value is -2.98. The van der Waals surface area contributed by atoms with Gasteiger partial charge in [0.2, 0.25) is 11.9 Å². The monoisotopic (exact) mass is 532 g/mol. The number of amides is 1. The molecule has 1 aromatic heterocycles. The van der Waals surface area contributed by atoms with Gasteiger partial charge in [-0.25, -0.2) is 23.1 Å². The maximum Gasteiger partial charge on any atom is 0.264 e. The molecule has 0 radical (unpaired) electrons. The molecule has 10 heteroatoms. The summed E-state index contributed by atoms with van der Waals surface area (Å²) in [6.45, 7) is 4.66. The van der Waals surface area contributed by atoms with Crippen LogP contribution in [0.3, 0.4) is 0 Å². The van der Waals surface area contributed by atoms with E-state index in [9.17, 15) is 13.2 Å². The second-order valence-electron chi connectivity index (χ2n) is 7.55. The minimum Gasteiger partial charge on any atom is -0.492 e. The first-order chi connectivity index (χ1) is 15.7. The van der Waals surface area contributed by atoms with Crippen LogP contribution in [0.1, 0.15) is 38.2 Å². The van der Waals surface area contributed by atoms with Gasteiger partial charge >= 0.3 is 0 Å². The van der Waals surface area contributed by atoms with Gasteiger partial charge in [0.1, 0.15) is 5.75 Å². The van der Waals surface area contributed by atoms with Crippen LogP contribution >= 0.6 is 15.9 Å². The van der Waals surface area contributed by atoms with Gasteiger partial charge in [-0.15, -0.1) is 0 Å². The molecule has 0 aliphatic carbocycles. The fourth-order valence-electron chi connectivity index (χ4n) is 2.88. The van der Waals surface area contributed by atoms with Crippen LogP contribution in [-0.2, 0) is 14.8 Å². The van der Waals surface area contributed by atoms with Gasteiger partial charge in [-0.1, -0.05) is 19.9 Å². The molecular weight excluding hydrogens is 508 g/mol. The van der Waals surface area contributed by atoms with Gasteiger partial charge in [-0.3, -0.25) is 4.79 Å². The van der Waals surface area contributed by atoms with E-state index in [2.05, 4.69) is 49.8 Å². The number of nitrogens with zero attached hydrogens (tertiary/aromatic N) is 2. The van der Waals surface area contributed by atoms with Crippen molar-refractivity contribution in [2.45, 2.75) is 37.5 Å². The summed E-state index contributed by atoms with van der Waals surface area (Å²) in [6, 6.07) is 13.5. The van der Waals surface area contributed by atoms with Gasteiger partial charge in [-0.05, 0) is 76.3 Å². The van der Waals surface area contributed by atoms with Crippen LogP contribution in [0.25, 0.3) is 0 Å². The third kappa shape index (κ3) is 7.26. The standard InChI is InChI=1S/C23H25BrN4O4S/c1-16(2)17-6-11-21(20(24)15-17)32-14-3-5-22(29)27-18-7-9-19(10-8-18)33(30,31)28-23-25-12-4-13-26-23/h4,6-13,15-16H,3,5,14H2,1-2H3,(H,27,29)(H,25,26,28). The molecule has 0 saturated carbocycles. The number of carbonyl (C=O) groups is 1. The van der Waals surface area contributed by atoms with E-state index in [0.29, 0.717) is 24.6 Å². The summed E-state index contributed by atoms with van der Waals surface area (Å²) in [5.74, 6) is 0.979. The summed E-state index contributed by atoms with van der Waals surface area (Å²) in [6.07, 6.45) is 3.69. The predicted octanol–water partition coefficient (Wildman–Crippen LogP) is 4.96. The molecule has 0 spiro atoms. The van der Waals surface area contributed by atoms with E-state index < -0.39 is 10.0 Å².